The van der Waals surface area contributed by atoms with E-state index >= 15 is 0 Å². The molecule has 8 nitrogen and oxygen atoms in total. The highest BCUT2D eigenvalue weighted by molar-refractivity contribution is 5.98. The Morgan fingerprint density at radius 3 is 2.37 bits per heavy atom. The van der Waals surface area contributed by atoms with Crippen LogP contribution in [0.3, 0.4) is 0 Å². The Kier molecular flexibility index (Phi) is 6.01. The molecule has 176 valence electrons. The third-order valence-corrected chi connectivity index (χ3v) is 6.04. The highest BCUT2D eigenvalue weighted by atomic mass is 16.5. The number of ether oxygens (including phenoxy) is 1. The monoisotopic (exact) mass is 466 g/mol. The third kappa shape index (κ3) is 4.50. The van der Waals surface area contributed by atoms with Gasteiger partial charge in [-0.25, -0.2) is 0 Å². The highest BCUT2D eigenvalue weighted by Crippen LogP contribution is 2.36. The number of carbonyl (C=O) groups is 1. The summed E-state index contributed by atoms with van der Waals surface area (Å²) >= 11 is 0. The number of nitrogens with zero attached hydrogens (tertiary/aromatic N) is 5. The van der Waals surface area contributed by atoms with Crippen LogP contribution in [0.1, 0.15) is 28.3 Å². The van der Waals surface area contributed by atoms with Crippen LogP contribution >= 0.6 is 0 Å². The molecule has 2 heterocycles. The normalized spacial score (nSPS) is 14.8. The van der Waals surface area contributed by atoms with Gasteiger partial charge in [0.25, 0.3) is 5.95 Å². The number of fused-ring (bicyclic) bond motifs is 1. The first-order chi connectivity index (χ1) is 17.0. The molecule has 1 aliphatic heterocycles. The third-order valence-electron chi connectivity index (χ3n) is 6.04. The molecule has 8 heteroatoms. The minimum absolute atomic E-state index is 0.0265. The average molecular weight is 467 g/mol. The lowest BCUT2D eigenvalue weighted by Crippen LogP contribution is -2.37. The van der Waals surface area contributed by atoms with Gasteiger partial charge >= 0.3 is 0 Å². The predicted molar refractivity (Wildman–Crippen MR) is 135 cm³/mol. The maximum Gasteiger partial charge on any atom is 0.251 e. The van der Waals surface area contributed by atoms with Crippen molar-refractivity contribution in [3.63, 3.8) is 0 Å². The van der Waals surface area contributed by atoms with E-state index in [1.807, 2.05) is 24.0 Å². The second-order valence-corrected chi connectivity index (χ2v) is 8.53. The molecule has 0 fully saturated rings. The van der Waals surface area contributed by atoms with Crippen LogP contribution in [0.2, 0.25) is 0 Å². The van der Waals surface area contributed by atoms with Crippen LogP contribution in [-0.4, -0.2) is 39.8 Å². The summed E-state index contributed by atoms with van der Waals surface area (Å²) in [6.07, 6.45) is 2.11. The average Bonchev–Trinajstić information content (AvgIpc) is 3.36. The van der Waals surface area contributed by atoms with E-state index in [9.17, 15) is 4.79 Å². The molecule has 35 heavy (non-hydrogen) atoms. The van der Waals surface area contributed by atoms with Crippen LogP contribution < -0.4 is 15.0 Å². The largest absolute Gasteiger partial charge is 0.495 e. The number of allylic oxidation sites excluding steroid dienone is 1. The molecular formula is C27H26N6O2. The fraction of sp³-hybridized carbons (Fsp3) is 0.185. The van der Waals surface area contributed by atoms with Crippen molar-refractivity contribution in [1.82, 2.24) is 20.2 Å². The van der Waals surface area contributed by atoms with Crippen LogP contribution in [0.4, 0.5) is 11.6 Å². The number of benzene rings is 3. The van der Waals surface area contributed by atoms with Crippen molar-refractivity contribution in [2.75, 3.05) is 23.9 Å². The number of para-hydroxylation sites is 2. The van der Waals surface area contributed by atoms with Gasteiger partial charge in [0.1, 0.15) is 18.3 Å². The van der Waals surface area contributed by atoms with Crippen molar-refractivity contribution in [1.29, 1.82) is 0 Å². The number of anilines is 2. The van der Waals surface area contributed by atoms with E-state index in [1.54, 1.807) is 23.9 Å². The Labute approximate surface area is 203 Å². The van der Waals surface area contributed by atoms with Crippen molar-refractivity contribution in [3.8, 4) is 5.75 Å². The zero-order valence-electron chi connectivity index (χ0n) is 19.8. The first-order valence-corrected chi connectivity index (χ1v) is 11.4. The molecule has 0 spiro atoms. The Morgan fingerprint density at radius 1 is 0.971 bits per heavy atom. The smallest absolute Gasteiger partial charge is 0.251 e. The van der Waals surface area contributed by atoms with E-state index in [0.717, 1.165) is 22.4 Å². The fourth-order valence-electron chi connectivity index (χ4n) is 4.18. The first-order valence-electron chi connectivity index (χ1n) is 11.4. The summed E-state index contributed by atoms with van der Waals surface area (Å²) < 4.78 is 7.13. The maximum atomic E-state index is 13.2. The molecule has 0 saturated heterocycles. The molecule has 0 bridgehead atoms. The van der Waals surface area contributed by atoms with E-state index in [0.29, 0.717) is 17.4 Å². The van der Waals surface area contributed by atoms with Crippen molar-refractivity contribution in [2.45, 2.75) is 19.9 Å². The van der Waals surface area contributed by atoms with Gasteiger partial charge in [0.05, 0.1) is 18.5 Å². The standard InChI is InChI=1S/C27H26N6O2/c1-18-8-12-20(13-9-18)23-16-24(21-14-10-19(2)11-15-21)33-27(29-30-31-33)32(23)17-26(34)28-22-6-4-5-7-25(22)35-3/h4-16,24H,17H2,1-3H3,(H,28,34)/t24-/m1/s1. The van der Waals surface area contributed by atoms with Gasteiger partial charge in [-0.1, -0.05) is 76.9 Å². The lowest BCUT2D eigenvalue weighted by molar-refractivity contribution is -0.114. The summed E-state index contributed by atoms with van der Waals surface area (Å²) in [5.74, 6) is 0.887. The molecule has 4 aromatic rings. The van der Waals surface area contributed by atoms with E-state index in [-0.39, 0.29) is 18.5 Å². The SMILES string of the molecule is COc1ccccc1NC(=O)CN1C(c2ccc(C)cc2)=C[C@H](c2ccc(C)cc2)n2nnnc21. The van der Waals surface area contributed by atoms with E-state index < -0.39 is 0 Å². The molecule has 0 aliphatic carbocycles. The molecule has 1 aliphatic rings. The molecular weight excluding hydrogens is 440 g/mol. The summed E-state index contributed by atoms with van der Waals surface area (Å²) in [6, 6.07) is 23.7. The van der Waals surface area contributed by atoms with Crippen molar-refractivity contribution in [3.05, 3.63) is 101 Å². The number of amides is 1. The molecule has 1 N–H and O–H groups in total. The van der Waals surface area contributed by atoms with Gasteiger partial charge in [-0.15, -0.1) is 0 Å². The summed E-state index contributed by atoms with van der Waals surface area (Å²) in [5.41, 5.74) is 5.85. The van der Waals surface area contributed by atoms with E-state index in [1.165, 1.54) is 5.56 Å². The van der Waals surface area contributed by atoms with Gasteiger partial charge in [-0.2, -0.15) is 4.68 Å². The quantitative estimate of drug-likeness (QED) is 0.454. The van der Waals surface area contributed by atoms with Gasteiger partial charge in [0.2, 0.25) is 5.91 Å². The summed E-state index contributed by atoms with van der Waals surface area (Å²) in [5, 5.41) is 15.5. The molecule has 0 saturated carbocycles. The topological polar surface area (TPSA) is 85.2 Å². The number of rotatable bonds is 6. The zero-order chi connectivity index (χ0) is 24.4. The number of aromatic nitrogens is 4. The first kappa shape index (κ1) is 22.3. The number of hydrogen-bond acceptors (Lipinski definition) is 6. The van der Waals surface area contributed by atoms with Gasteiger partial charge in [0.15, 0.2) is 0 Å². The molecule has 1 amide bonds. The van der Waals surface area contributed by atoms with Crippen LogP contribution in [0.15, 0.2) is 78.9 Å². The predicted octanol–water partition coefficient (Wildman–Crippen LogP) is 4.39. The molecule has 1 atom stereocenters. The van der Waals surface area contributed by atoms with Crippen LogP contribution in [-0.2, 0) is 4.79 Å². The van der Waals surface area contributed by atoms with Crippen LogP contribution in [0.5, 0.6) is 5.75 Å². The second-order valence-electron chi connectivity index (χ2n) is 8.53. The second kappa shape index (κ2) is 9.42. The molecule has 5 rings (SSSR count). The number of aryl methyl sites for hydroxylation is 2. The van der Waals surface area contributed by atoms with E-state index in [4.69, 9.17) is 4.74 Å². The number of methoxy groups -OCH3 is 1. The fourth-order valence-corrected chi connectivity index (χ4v) is 4.18. The zero-order valence-corrected chi connectivity index (χ0v) is 19.8. The lowest BCUT2D eigenvalue weighted by Gasteiger charge is -2.32. The Hall–Kier alpha value is -4.46. The maximum absolute atomic E-state index is 13.2. The van der Waals surface area contributed by atoms with Crippen molar-refractivity contribution < 1.29 is 9.53 Å². The van der Waals surface area contributed by atoms with E-state index in [2.05, 4.69) is 82.4 Å². The minimum Gasteiger partial charge on any atom is -0.495 e. The summed E-state index contributed by atoms with van der Waals surface area (Å²) in [6.45, 7) is 4.13. The molecule has 0 radical (unpaired) electrons. The van der Waals surface area contributed by atoms with Gasteiger partial charge < -0.3 is 10.1 Å². The number of hydrogen-bond donors (Lipinski definition) is 1. The van der Waals surface area contributed by atoms with Crippen LogP contribution in [0, 0.1) is 13.8 Å². The van der Waals surface area contributed by atoms with Crippen LogP contribution in [0.25, 0.3) is 5.70 Å². The van der Waals surface area contributed by atoms with Gasteiger partial charge in [0, 0.05) is 0 Å². The summed E-state index contributed by atoms with van der Waals surface area (Å²) in [7, 11) is 1.58. The Bertz CT molecular complexity index is 1380. The highest BCUT2D eigenvalue weighted by Gasteiger charge is 2.32. The molecule has 1 aromatic heterocycles. The number of carbonyl (C=O) groups excluding carboxylic acids is 1. The van der Waals surface area contributed by atoms with Crippen molar-refractivity contribution >= 4 is 23.2 Å². The van der Waals surface area contributed by atoms with Gasteiger partial charge in [-0.3, -0.25) is 9.69 Å². The molecule has 3 aromatic carbocycles. The lowest BCUT2D eigenvalue weighted by atomic mass is 9.99. The van der Waals surface area contributed by atoms with Gasteiger partial charge in [-0.05, 0) is 53.6 Å². The van der Waals surface area contributed by atoms with Crippen molar-refractivity contribution in [2.24, 2.45) is 0 Å². The number of nitrogens with one attached hydrogen (secondary N) is 1. The Balaban J connectivity index is 1.53. The Morgan fingerprint density at radius 2 is 1.66 bits per heavy atom. The molecule has 0 unspecified atom stereocenters. The number of tetrazole rings is 1. The summed E-state index contributed by atoms with van der Waals surface area (Å²) in [4.78, 5) is 15.0. The minimum atomic E-state index is -0.212.